The molecular formula is C26H17IrN2O-. The molecule has 3 nitrogen and oxygen atoms in total. The van der Waals surface area contributed by atoms with E-state index in [1.165, 1.54) is 0 Å². The molecule has 0 amide bonds. The Balaban J connectivity index is 0.00000218. The molecule has 3 aromatic carbocycles. The number of furan rings is 1. The Morgan fingerprint density at radius 3 is 2.57 bits per heavy atom. The van der Waals surface area contributed by atoms with Crippen molar-refractivity contribution in [1.82, 2.24) is 4.98 Å². The van der Waals surface area contributed by atoms with Gasteiger partial charge in [0.1, 0.15) is 5.58 Å². The fraction of sp³-hybridized carbons (Fsp3) is 0.0769. The first-order valence-electron chi connectivity index (χ1n) is 9.43. The molecule has 2 heterocycles. The second-order valence-corrected chi connectivity index (χ2v) is 7.19. The fourth-order valence-electron chi connectivity index (χ4n) is 3.83. The largest absolute Gasteiger partial charge is 0.501 e. The first-order valence-corrected chi connectivity index (χ1v) is 9.43. The number of rotatable bonds is 2. The molecule has 4 heteroatoms. The van der Waals surface area contributed by atoms with Crippen molar-refractivity contribution in [1.29, 1.82) is 0 Å². The summed E-state index contributed by atoms with van der Waals surface area (Å²) in [5.41, 5.74) is 8.30. The summed E-state index contributed by atoms with van der Waals surface area (Å²) in [6.07, 6.45) is 1.88. The van der Waals surface area contributed by atoms with Crippen molar-refractivity contribution in [2.45, 2.75) is 13.8 Å². The fourth-order valence-corrected chi connectivity index (χ4v) is 3.83. The second kappa shape index (κ2) is 7.88. The van der Waals surface area contributed by atoms with Gasteiger partial charge >= 0.3 is 0 Å². The van der Waals surface area contributed by atoms with Crippen molar-refractivity contribution in [2.75, 3.05) is 0 Å². The van der Waals surface area contributed by atoms with E-state index in [1.54, 1.807) is 0 Å². The van der Waals surface area contributed by atoms with Gasteiger partial charge in [-0.2, -0.15) is 0 Å². The molecule has 0 spiro atoms. The zero-order valence-corrected chi connectivity index (χ0v) is 18.9. The molecule has 0 aliphatic rings. The molecule has 0 aliphatic heterocycles. The van der Waals surface area contributed by atoms with Crippen LogP contribution in [-0.2, 0) is 20.1 Å². The zero-order chi connectivity index (χ0) is 20.0. The normalized spacial score (nSPS) is 10.7. The molecule has 147 valence electrons. The van der Waals surface area contributed by atoms with Crippen LogP contribution in [0.1, 0.15) is 11.1 Å². The first-order chi connectivity index (χ1) is 14.2. The summed E-state index contributed by atoms with van der Waals surface area (Å²) in [7, 11) is 0. The van der Waals surface area contributed by atoms with Gasteiger partial charge in [0, 0.05) is 37.3 Å². The van der Waals surface area contributed by atoms with E-state index >= 15 is 0 Å². The predicted molar refractivity (Wildman–Crippen MR) is 117 cm³/mol. The van der Waals surface area contributed by atoms with Crippen LogP contribution in [0.5, 0.6) is 0 Å². The number of aryl methyl sites for hydroxylation is 2. The van der Waals surface area contributed by atoms with Crippen LogP contribution in [-0.4, -0.2) is 4.98 Å². The van der Waals surface area contributed by atoms with Crippen molar-refractivity contribution in [3.8, 4) is 22.4 Å². The van der Waals surface area contributed by atoms with Crippen LogP contribution >= 0.6 is 0 Å². The van der Waals surface area contributed by atoms with Gasteiger partial charge in [-0.3, -0.25) is 0 Å². The van der Waals surface area contributed by atoms with E-state index in [-0.39, 0.29) is 20.1 Å². The minimum atomic E-state index is 0. The molecule has 2 aromatic heterocycles. The molecule has 0 saturated carbocycles. The molecule has 5 aromatic rings. The number of hydrogen-bond donors (Lipinski definition) is 0. The van der Waals surface area contributed by atoms with Gasteiger partial charge in [-0.05, 0) is 48.4 Å². The number of para-hydroxylation sites is 1. The molecule has 1 radical (unpaired) electrons. The van der Waals surface area contributed by atoms with Gasteiger partial charge in [-0.15, -0.1) is 18.2 Å². The van der Waals surface area contributed by atoms with Gasteiger partial charge in [-0.25, -0.2) is 4.85 Å². The summed E-state index contributed by atoms with van der Waals surface area (Å²) in [6, 6.07) is 23.1. The van der Waals surface area contributed by atoms with Gasteiger partial charge in [0.05, 0.1) is 12.2 Å². The summed E-state index contributed by atoms with van der Waals surface area (Å²) in [4.78, 5) is 8.29. The molecule has 0 unspecified atom stereocenters. The molecule has 30 heavy (non-hydrogen) atoms. The smallest absolute Gasteiger partial charge is 0.187 e. The minimum Gasteiger partial charge on any atom is -0.501 e. The van der Waals surface area contributed by atoms with Crippen molar-refractivity contribution in [3.05, 3.63) is 95.5 Å². The van der Waals surface area contributed by atoms with E-state index in [9.17, 15) is 0 Å². The Kier molecular flexibility index (Phi) is 5.26. The number of pyridine rings is 1. The van der Waals surface area contributed by atoms with E-state index in [2.05, 4.69) is 36.9 Å². The van der Waals surface area contributed by atoms with Crippen LogP contribution in [0.3, 0.4) is 0 Å². The molecular weight excluding hydrogens is 549 g/mol. The molecule has 0 saturated heterocycles. The molecule has 0 atom stereocenters. The first kappa shape index (κ1) is 20.0. The van der Waals surface area contributed by atoms with E-state index in [0.29, 0.717) is 5.69 Å². The predicted octanol–water partition coefficient (Wildman–Crippen LogP) is 7.28. The second-order valence-electron chi connectivity index (χ2n) is 7.19. The monoisotopic (exact) mass is 566 g/mol. The Hall–Kier alpha value is -3.25. The summed E-state index contributed by atoms with van der Waals surface area (Å²) in [5, 5.41) is 2.16. The molecule has 0 N–H and O–H groups in total. The zero-order valence-electron chi connectivity index (χ0n) is 16.5. The van der Waals surface area contributed by atoms with Crippen molar-refractivity contribution in [2.24, 2.45) is 0 Å². The maximum atomic E-state index is 7.29. The van der Waals surface area contributed by atoms with E-state index in [1.807, 2.05) is 54.7 Å². The summed E-state index contributed by atoms with van der Waals surface area (Å²) >= 11 is 0. The number of fused-ring (bicyclic) bond motifs is 3. The third-order valence-corrected chi connectivity index (χ3v) is 5.35. The van der Waals surface area contributed by atoms with Crippen molar-refractivity contribution >= 4 is 27.6 Å². The molecule has 0 fully saturated rings. The van der Waals surface area contributed by atoms with Crippen molar-refractivity contribution in [3.63, 3.8) is 0 Å². The molecule has 0 aliphatic carbocycles. The molecule has 0 bridgehead atoms. The van der Waals surface area contributed by atoms with E-state index in [0.717, 1.165) is 55.4 Å². The average Bonchev–Trinajstić information content (AvgIpc) is 3.13. The van der Waals surface area contributed by atoms with Crippen LogP contribution < -0.4 is 0 Å². The van der Waals surface area contributed by atoms with Gasteiger partial charge < -0.3 is 9.40 Å². The third-order valence-electron chi connectivity index (χ3n) is 5.35. The standard InChI is InChI=1S/C26H17N2O.Ir/c1-16-11-12-18(27-3)14-22(16)23-15-28-24(13-17(23)2)21-9-6-8-20-19-7-4-5-10-25(19)29-26(20)21;/h4-8,10-15H,1-2H3;/q-1;. The van der Waals surface area contributed by atoms with Crippen LogP contribution in [0.2, 0.25) is 0 Å². The number of hydrogen-bond acceptors (Lipinski definition) is 2. The van der Waals surface area contributed by atoms with E-state index < -0.39 is 0 Å². The number of aromatic nitrogens is 1. The van der Waals surface area contributed by atoms with Crippen LogP contribution in [0.25, 0.3) is 49.2 Å². The van der Waals surface area contributed by atoms with Crippen molar-refractivity contribution < 1.29 is 24.5 Å². The topological polar surface area (TPSA) is 30.4 Å². The summed E-state index contributed by atoms with van der Waals surface area (Å²) in [6.45, 7) is 11.4. The quantitative estimate of drug-likeness (QED) is 0.211. The van der Waals surface area contributed by atoms with Gasteiger partial charge in [0.15, 0.2) is 5.69 Å². The Morgan fingerprint density at radius 1 is 0.933 bits per heavy atom. The summed E-state index contributed by atoms with van der Waals surface area (Å²) in [5.74, 6) is 0. The number of nitrogens with zero attached hydrogens (tertiary/aromatic N) is 2. The third kappa shape index (κ3) is 3.23. The van der Waals surface area contributed by atoms with Gasteiger partial charge in [-0.1, -0.05) is 47.3 Å². The SMILES string of the molecule is [C-]#[N+]c1ccc(C)c(-c2cnc(-c3[c-]ccc4c3oc3ccccc34)cc2C)c1.[Ir]. The van der Waals surface area contributed by atoms with Crippen LogP contribution in [0, 0.1) is 26.5 Å². The summed E-state index contributed by atoms with van der Waals surface area (Å²) < 4.78 is 6.14. The maximum Gasteiger partial charge on any atom is 0.187 e. The minimum absolute atomic E-state index is 0. The van der Waals surface area contributed by atoms with Crippen LogP contribution in [0.4, 0.5) is 5.69 Å². The Labute approximate surface area is 188 Å². The maximum absolute atomic E-state index is 7.29. The van der Waals surface area contributed by atoms with Gasteiger partial charge in [0.2, 0.25) is 0 Å². The molecule has 5 rings (SSSR count). The number of benzene rings is 3. The van der Waals surface area contributed by atoms with E-state index in [4.69, 9.17) is 16.0 Å². The average molecular weight is 566 g/mol. The van der Waals surface area contributed by atoms with Crippen LogP contribution in [0.15, 0.2) is 71.3 Å². The Bertz CT molecular complexity index is 1440. The van der Waals surface area contributed by atoms with Gasteiger partial charge in [0.25, 0.3) is 0 Å². The Morgan fingerprint density at radius 2 is 1.77 bits per heavy atom.